The summed E-state index contributed by atoms with van der Waals surface area (Å²) in [5.41, 5.74) is 7.69. The minimum atomic E-state index is -1.12. The molecular formula is C25H30N10O3. The Labute approximate surface area is 220 Å². The number of methoxy groups -OCH3 is 1. The largest absolute Gasteiger partial charge is 0.489 e. The van der Waals surface area contributed by atoms with Crippen molar-refractivity contribution in [3.8, 4) is 35.2 Å². The molecule has 1 atom stereocenters. The van der Waals surface area contributed by atoms with E-state index in [0.29, 0.717) is 43.8 Å². The summed E-state index contributed by atoms with van der Waals surface area (Å²) in [7, 11) is 3.48. The number of hydrogen-bond donors (Lipinski definition) is 1. The van der Waals surface area contributed by atoms with Gasteiger partial charge in [-0.05, 0) is 31.7 Å². The van der Waals surface area contributed by atoms with Gasteiger partial charge in [-0.1, -0.05) is 0 Å². The van der Waals surface area contributed by atoms with Crippen molar-refractivity contribution < 1.29 is 14.2 Å². The van der Waals surface area contributed by atoms with Crippen LogP contribution in [0.5, 0.6) is 11.8 Å². The average molecular weight is 519 g/mol. The third kappa shape index (κ3) is 6.44. The molecule has 0 saturated carbocycles. The molecule has 0 aliphatic carbocycles. The topological polar surface area (TPSA) is 174 Å². The van der Waals surface area contributed by atoms with Crippen molar-refractivity contribution >= 4 is 11.8 Å². The summed E-state index contributed by atoms with van der Waals surface area (Å²) in [6.45, 7) is 3.97. The van der Waals surface area contributed by atoms with Crippen LogP contribution in [0.15, 0.2) is 24.8 Å². The fraction of sp³-hybridized carbons (Fsp3) is 0.480. The highest BCUT2D eigenvalue weighted by Crippen LogP contribution is 2.28. The van der Waals surface area contributed by atoms with E-state index in [1.54, 1.807) is 19.6 Å². The molecule has 2 N–H and O–H groups in total. The Morgan fingerprint density at radius 1 is 1.16 bits per heavy atom. The van der Waals surface area contributed by atoms with Gasteiger partial charge in [0.1, 0.15) is 6.10 Å². The molecule has 3 aromatic rings. The number of hydrogen-bond acceptors (Lipinski definition) is 12. The van der Waals surface area contributed by atoms with Gasteiger partial charge in [0.25, 0.3) is 0 Å². The van der Waals surface area contributed by atoms with E-state index in [-0.39, 0.29) is 23.9 Å². The second kappa shape index (κ2) is 12.2. The van der Waals surface area contributed by atoms with E-state index in [4.69, 9.17) is 19.9 Å². The molecule has 0 spiro atoms. The quantitative estimate of drug-likeness (QED) is 0.414. The molecule has 0 bridgehead atoms. The number of ether oxygens (including phenoxy) is 3. The van der Waals surface area contributed by atoms with Crippen LogP contribution in [0.1, 0.15) is 31.5 Å². The molecule has 1 saturated heterocycles. The number of rotatable bonds is 10. The van der Waals surface area contributed by atoms with Crippen LogP contribution in [0, 0.1) is 28.6 Å². The van der Waals surface area contributed by atoms with Gasteiger partial charge in [0.2, 0.25) is 5.95 Å². The summed E-state index contributed by atoms with van der Waals surface area (Å²) < 4.78 is 18.8. The fourth-order valence-electron chi connectivity index (χ4n) is 4.06. The number of nitriles is 2. The molecule has 0 aromatic carbocycles. The fourth-order valence-corrected chi connectivity index (χ4v) is 4.06. The number of imidazole rings is 1. The summed E-state index contributed by atoms with van der Waals surface area (Å²) in [6.07, 6.45) is 6.65. The van der Waals surface area contributed by atoms with Crippen LogP contribution in [0.25, 0.3) is 11.3 Å². The first-order chi connectivity index (χ1) is 18.4. The van der Waals surface area contributed by atoms with Crippen molar-refractivity contribution in [3.63, 3.8) is 0 Å². The van der Waals surface area contributed by atoms with Crippen molar-refractivity contribution in [3.05, 3.63) is 30.6 Å². The Morgan fingerprint density at radius 3 is 2.58 bits per heavy atom. The van der Waals surface area contributed by atoms with E-state index >= 15 is 0 Å². The Kier molecular flexibility index (Phi) is 8.51. The average Bonchev–Trinajstić information content (AvgIpc) is 3.35. The van der Waals surface area contributed by atoms with Crippen LogP contribution in [0.3, 0.4) is 0 Å². The molecule has 1 aliphatic rings. The van der Waals surface area contributed by atoms with E-state index in [0.717, 1.165) is 24.1 Å². The highest BCUT2D eigenvalue weighted by atomic mass is 16.5. The Hall–Kier alpha value is -4.49. The van der Waals surface area contributed by atoms with Crippen molar-refractivity contribution in [2.45, 2.75) is 31.8 Å². The Balaban J connectivity index is 1.40. The van der Waals surface area contributed by atoms with E-state index in [1.165, 1.54) is 0 Å². The van der Waals surface area contributed by atoms with Crippen LogP contribution in [0.2, 0.25) is 0 Å². The number of nitrogen functional groups attached to an aromatic ring is 1. The number of nitrogens with two attached hydrogens (primary N) is 1. The SMILES string of the molecule is COC[C@@H](C)Oc1nc(C(C#N)C#N)nc(N2CCC(COc3cc(-c4cn(C)cn4)cnc3N)CC2)n1. The summed E-state index contributed by atoms with van der Waals surface area (Å²) in [5, 5.41) is 18.7. The van der Waals surface area contributed by atoms with Gasteiger partial charge in [0.15, 0.2) is 23.3 Å². The number of anilines is 2. The molecule has 1 aliphatic heterocycles. The molecule has 3 aromatic heterocycles. The molecule has 0 amide bonds. The molecule has 4 heterocycles. The third-order valence-electron chi connectivity index (χ3n) is 6.10. The predicted molar refractivity (Wildman–Crippen MR) is 137 cm³/mol. The molecule has 13 heteroatoms. The standard InChI is InChI=1S/C25H30N10O3/c1-16(13-36-3)38-25-32-23(19(9-26)10-27)31-24(33-25)35-6-4-17(5-7-35)14-37-21-8-18(11-29-22(21)28)20-12-34(2)15-30-20/h8,11-12,15-17,19H,4-7,13-14H2,1-3H3,(H2,28,29)/t16-/m1/s1. The van der Waals surface area contributed by atoms with E-state index < -0.39 is 5.92 Å². The maximum absolute atomic E-state index is 9.35. The third-order valence-corrected chi connectivity index (χ3v) is 6.10. The lowest BCUT2D eigenvalue weighted by atomic mass is 9.98. The zero-order valence-electron chi connectivity index (χ0n) is 21.6. The highest BCUT2D eigenvalue weighted by molar-refractivity contribution is 5.63. The normalized spacial score (nSPS) is 14.6. The van der Waals surface area contributed by atoms with E-state index in [1.807, 2.05) is 47.8 Å². The number of aryl methyl sites for hydroxylation is 1. The zero-order chi connectivity index (χ0) is 27.1. The first-order valence-corrected chi connectivity index (χ1v) is 12.2. The highest BCUT2D eigenvalue weighted by Gasteiger charge is 2.25. The molecule has 0 unspecified atom stereocenters. The maximum atomic E-state index is 9.35. The summed E-state index contributed by atoms with van der Waals surface area (Å²) in [4.78, 5) is 23.7. The van der Waals surface area contributed by atoms with Gasteiger partial charge in [0.05, 0.1) is 37.4 Å². The minimum Gasteiger partial charge on any atom is -0.489 e. The van der Waals surface area contributed by atoms with Crippen molar-refractivity contribution in [2.24, 2.45) is 13.0 Å². The van der Waals surface area contributed by atoms with Gasteiger partial charge >= 0.3 is 6.01 Å². The molecule has 4 rings (SSSR count). The maximum Gasteiger partial charge on any atom is 0.321 e. The van der Waals surface area contributed by atoms with Crippen LogP contribution >= 0.6 is 0 Å². The molecule has 38 heavy (non-hydrogen) atoms. The summed E-state index contributed by atoms with van der Waals surface area (Å²) in [5.74, 6) is 0.475. The predicted octanol–water partition coefficient (Wildman–Crippen LogP) is 2.09. The second-order valence-corrected chi connectivity index (χ2v) is 9.12. The lowest BCUT2D eigenvalue weighted by Gasteiger charge is -2.32. The van der Waals surface area contributed by atoms with Crippen molar-refractivity contribution in [1.29, 1.82) is 10.5 Å². The lowest BCUT2D eigenvalue weighted by Crippen LogP contribution is -2.37. The van der Waals surface area contributed by atoms with Gasteiger partial charge in [-0.15, -0.1) is 0 Å². The molecule has 0 radical (unpaired) electrons. The molecule has 198 valence electrons. The smallest absolute Gasteiger partial charge is 0.321 e. The number of piperidine rings is 1. The monoisotopic (exact) mass is 518 g/mol. The Morgan fingerprint density at radius 2 is 1.92 bits per heavy atom. The summed E-state index contributed by atoms with van der Waals surface area (Å²) >= 11 is 0. The van der Waals surface area contributed by atoms with E-state index in [9.17, 15) is 10.5 Å². The Bertz CT molecular complexity index is 1310. The second-order valence-electron chi connectivity index (χ2n) is 9.12. The van der Waals surface area contributed by atoms with Gasteiger partial charge < -0.3 is 29.4 Å². The van der Waals surface area contributed by atoms with Crippen LogP contribution in [0.4, 0.5) is 11.8 Å². The van der Waals surface area contributed by atoms with Crippen LogP contribution in [-0.2, 0) is 11.8 Å². The first-order valence-electron chi connectivity index (χ1n) is 12.2. The molecule has 13 nitrogen and oxygen atoms in total. The van der Waals surface area contributed by atoms with E-state index in [2.05, 4.69) is 24.9 Å². The van der Waals surface area contributed by atoms with Crippen molar-refractivity contribution in [2.75, 3.05) is 44.0 Å². The van der Waals surface area contributed by atoms with Gasteiger partial charge in [0, 0.05) is 45.2 Å². The summed E-state index contributed by atoms with van der Waals surface area (Å²) in [6, 6.07) is 5.75. The van der Waals surface area contributed by atoms with Gasteiger partial charge in [-0.25, -0.2) is 9.97 Å². The van der Waals surface area contributed by atoms with Crippen LogP contribution in [-0.4, -0.2) is 69.0 Å². The van der Waals surface area contributed by atoms with Crippen LogP contribution < -0.4 is 20.1 Å². The lowest BCUT2D eigenvalue weighted by molar-refractivity contribution is 0.0851. The number of nitrogens with zero attached hydrogens (tertiary/aromatic N) is 9. The molecule has 1 fully saturated rings. The van der Waals surface area contributed by atoms with Gasteiger partial charge in [-0.2, -0.15) is 25.5 Å². The first kappa shape index (κ1) is 26.6. The number of aromatic nitrogens is 6. The van der Waals surface area contributed by atoms with Gasteiger partial charge in [-0.3, -0.25) is 0 Å². The zero-order valence-corrected chi connectivity index (χ0v) is 21.6. The minimum absolute atomic E-state index is 0.0614. The van der Waals surface area contributed by atoms with Crippen molar-refractivity contribution in [1.82, 2.24) is 29.5 Å². The molecular weight excluding hydrogens is 488 g/mol. The number of pyridine rings is 1.